The van der Waals surface area contributed by atoms with Crippen LogP contribution in [0, 0.1) is 18.7 Å². The van der Waals surface area contributed by atoms with E-state index in [0.29, 0.717) is 35.3 Å². The van der Waals surface area contributed by atoms with E-state index in [9.17, 15) is 14.0 Å². The Kier molecular flexibility index (Phi) is 6.31. The summed E-state index contributed by atoms with van der Waals surface area (Å²) in [5.41, 5.74) is 3.34. The number of halogens is 1. The number of nitrogens with zero attached hydrogens (tertiary/aromatic N) is 3. The number of benzene rings is 1. The number of carbonyl (C=O) groups excluding carboxylic acids is 1. The topological polar surface area (TPSA) is 109 Å². The molecule has 1 aliphatic rings. The van der Waals surface area contributed by atoms with Gasteiger partial charge in [-0.15, -0.1) is 0 Å². The minimum atomic E-state index is -1.08. The van der Waals surface area contributed by atoms with E-state index in [4.69, 9.17) is 5.11 Å². The lowest BCUT2D eigenvalue weighted by Crippen LogP contribution is -2.40. The molecule has 3 N–H and O–H groups in total. The summed E-state index contributed by atoms with van der Waals surface area (Å²) in [5, 5.41) is 14.3. The number of pyridine rings is 1. The Labute approximate surface area is 191 Å². The van der Waals surface area contributed by atoms with Gasteiger partial charge in [0.1, 0.15) is 11.3 Å². The number of rotatable bonds is 5. The molecule has 1 saturated carbocycles. The lowest BCUT2D eigenvalue weighted by Gasteiger charge is -2.28. The van der Waals surface area contributed by atoms with Gasteiger partial charge in [-0.05, 0) is 74.9 Å². The molecular weight excluding hydrogens is 425 g/mol. The van der Waals surface area contributed by atoms with Gasteiger partial charge in [0.2, 0.25) is 5.91 Å². The number of carboxylic acid groups (broad SMARTS) is 1. The molecule has 0 aliphatic heterocycles. The summed E-state index contributed by atoms with van der Waals surface area (Å²) in [6, 6.07) is 5.02. The first kappa shape index (κ1) is 22.7. The predicted octanol–water partition coefficient (Wildman–Crippen LogP) is 4.89. The maximum Gasteiger partial charge on any atom is 0.404 e. The second-order valence-electron chi connectivity index (χ2n) is 8.96. The lowest BCUT2D eigenvalue weighted by molar-refractivity contribution is -0.121. The highest BCUT2D eigenvalue weighted by Gasteiger charge is 2.28. The van der Waals surface area contributed by atoms with Gasteiger partial charge in [-0.25, -0.2) is 19.2 Å². The molecule has 0 unspecified atom stereocenters. The molecule has 174 valence electrons. The van der Waals surface area contributed by atoms with Crippen LogP contribution in [-0.2, 0) is 4.79 Å². The SMILES string of the molecule is Cc1cnc(NC(=O)[C@H]2CCC[C@@H](NC(=O)O)C2)cc1-c1cc(F)c2ncn(C(C)C)c2c1. The molecule has 2 heterocycles. The minimum Gasteiger partial charge on any atom is -0.465 e. The van der Waals surface area contributed by atoms with E-state index >= 15 is 0 Å². The van der Waals surface area contributed by atoms with Crippen LogP contribution in [-0.4, -0.2) is 37.7 Å². The number of fused-ring (bicyclic) bond motifs is 1. The third kappa shape index (κ3) is 4.81. The highest BCUT2D eigenvalue weighted by molar-refractivity contribution is 5.93. The van der Waals surface area contributed by atoms with Crippen molar-refractivity contribution in [2.24, 2.45) is 5.92 Å². The van der Waals surface area contributed by atoms with Crippen LogP contribution >= 0.6 is 0 Å². The van der Waals surface area contributed by atoms with Crippen LogP contribution < -0.4 is 10.6 Å². The fourth-order valence-corrected chi connectivity index (χ4v) is 4.52. The number of aromatic nitrogens is 3. The van der Waals surface area contributed by atoms with Crippen molar-refractivity contribution in [1.29, 1.82) is 0 Å². The van der Waals surface area contributed by atoms with Crippen LogP contribution in [0.25, 0.3) is 22.2 Å². The van der Waals surface area contributed by atoms with Gasteiger partial charge in [-0.3, -0.25) is 4.79 Å². The zero-order valence-corrected chi connectivity index (χ0v) is 18.9. The van der Waals surface area contributed by atoms with E-state index < -0.39 is 11.9 Å². The average Bonchev–Trinajstić information content (AvgIpc) is 3.20. The highest BCUT2D eigenvalue weighted by Crippen LogP contribution is 2.31. The molecule has 4 rings (SSSR count). The van der Waals surface area contributed by atoms with Gasteiger partial charge >= 0.3 is 6.09 Å². The summed E-state index contributed by atoms with van der Waals surface area (Å²) in [6.07, 6.45) is 4.88. The molecular formula is C24H28FN5O3. The quantitative estimate of drug-likeness (QED) is 0.510. The van der Waals surface area contributed by atoms with E-state index in [2.05, 4.69) is 20.6 Å². The number of aryl methyl sites for hydroxylation is 1. The molecule has 8 nitrogen and oxygen atoms in total. The molecule has 1 aliphatic carbocycles. The molecule has 2 amide bonds. The predicted molar refractivity (Wildman–Crippen MR) is 124 cm³/mol. The first-order chi connectivity index (χ1) is 15.7. The minimum absolute atomic E-state index is 0.132. The van der Waals surface area contributed by atoms with E-state index in [-0.39, 0.29) is 23.9 Å². The van der Waals surface area contributed by atoms with E-state index in [1.807, 2.05) is 31.4 Å². The van der Waals surface area contributed by atoms with Gasteiger partial charge in [0.25, 0.3) is 0 Å². The Bertz CT molecular complexity index is 1210. The summed E-state index contributed by atoms with van der Waals surface area (Å²) in [4.78, 5) is 32.3. The fourth-order valence-electron chi connectivity index (χ4n) is 4.52. The first-order valence-electron chi connectivity index (χ1n) is 11.2. The lowest BCUT2D eigenvalue weighted by atomic mass is 9.85. The van der Waals surface area contributed by atoms with Crippen molar-refractivity contribution in [2.75, 3.05) is 5.32 Å². The van der Waals surface area contributed by atoms with Crippen molar-refractivity contribution in [3.8, 4) is 11.1 Å². The van der Waals surface area contributed by atoms with Crippen molar-refractivity contribution >= 4 is 28.9 Å². The third-order valence-corrected chi connectivity index (χ3v) is 6.23. The number of nitrogens with one attached hydrogen (secondary N) is 2. The van der Waals surface area contributed by atoms with Crippen LogP contribution in [0.1, 0.15) is 51.1 Å². The van der Waals surface area contributed by atoms with Gasteiger partial charge in [-0.1, -0.05) is 6.42 Å². The Morgan fingerprint density at radius 1 is 1.21 bits per heavy atom. The molecule has 1 aromatic carbocycles. The second kappa shape index (κ2) is 9.17. The van der Waals surface area contributed by atoms with E-state index in [0.717, 1.165) is 24.0 Å². The molecule has 3 aromatic rings. The molecule has 0 bridgehead atoms. The molecule has 9 heteroatoms. The zero-order valence-electron chi connectivity index (χ0n) is 18.9. The summed E-state index contributed by atoms with van der Waals surface area (Å²) in [6.45, 7) is 5.91. The summed E-state index contributed by atoms with van der Waals surface area (Å²) < 4.78 is 16.7. The number of hydrogen-bond donors (Lipinski definition) is 3. The number of hydrogen-bond acceptors (Lipinski definition) is 4. The standard InChI is InChI=1S/C24H28FN5O3/c1-13(2)30-12-27-22-19(25)8-16(9-20(22)30)18-10-21(26-11-14(18)3)29-23(31)15-5-4-6-17(7-15)28-24(32)33/h8-13,15,17,28H,4-7H2,1-3H3,(H,32,33)(H,26,29,31)/t15-,17+/m0/s1. The van der Waals surface area contributed by atoms with Crippen molar-refractivity contribution in [3.05, 3.63) is 42.1 Å². The first-order valence-corrected chi connectivity index (χ1v) is 11.2. The summed E-state index contributed by atoms with van der Waals surface area (Å²) >= 11 is 0. The molecule has 2 atom stereocenters. The van der Waals surface area contributed by atoms with Gasteiger partial charge in [-0.2, -0.15) is 0 Å². The summed E-state index contributed by atoms with van der Waals surface area (Å²) in [7, 11) is 0. The van der Waals surface area contributed by atoms with Crippen molar-refractivity contribution in [3.63, 3.8) is 0 Å². The Morgan fingerprint density at radius 2 is 2.00 bits per heavy atom. The van der Waals surface area contributed by atoms with Crippen LogP contribution in [0.15, 0.2) is 30.7 Å². The Hall–Kier alpha value is -3.49. The normalized spacial score (nSPS) is 18.5. The molecule has 0 saturated heterocycles. The largest absolute Gasteiger partial charge is 0.465 e. The number of anilines is 1. The third-order valence-electron chi connectivity index (χ3n) is 6.23. The molecule has 0 spiro atoms. The number of amides is 2. The molecule has 33 heavy (non-hydrogen) atoms. The smallest absolute Gasteiger partial charge is 0.404 e. The van der Waals surface area contributed by atoms with Crippen LogP contribution in [0.5, 0.6) is 0 Å². The zero-order chi connectivity index (χ0) is 23.7. The van der Waals surface area contributed by atoms with Gasteiger partial charge in [0.05, 0.1) is 11.8 Å². The maximum absolute atomic E-state index is 14.8. The highest BCUT2D eigenvalue weighted by atomic mass is 19.1. The molecule has 1 fully saturated rings. The van der Waals surface area contributed by atoms with Crippen molar-refractivity contribution < 1.29 is 19.1 Å². The van der Waals surface area contributed by atoms with Crippen LogP contribution in [0.4, 0.5) is 15.0 Å². The van der Waals surface area contributed by atoms with Crippen LogP contribution in [0.2, 0.25) is 0 Å². The fraction of sp³-hybridized carbons (Fsp3) is 0.417. The monoisotopic (exact) mass is 453 g/mol. The van der Waals surface area contributed by atoms with Crippen molar-refractivity contribution in [2.45, 2.75) is 58.5 Å². The van der Waals surface area contributed by atoms with Crippen molar-refractivity contribution in [1.82, 2.24) is 19.9 Å². The van der Waals surface area contributed by atoms with Gasteiger partial charge < -0.3 is 20.3 Å². The summed E-state index contributed by atoms with van der Waals surface area (Å²) in [5.74, 6) is -0.500. The maximum atomic E-state index is 14.8. The van der Waals surface area contributed by atoms with E-state index in [1.54, 1.807) is 18.6 Å². The molecule has 2 aromatic heterocycles. The second-order valence-corrected chi connectivity index (χ2v) is 8.96. The molecule has 0 radical (unpaired) electrons. The van der Waals surface area contributed by atoms with Gasteiger partial charge in [0, 0.05) is 24.2 Å². The average molecular weight is 454 g/mol. The van der Waals surface area contributed by atoms with Crippen LogP contribution in [0.3, 0.4) is 0 Å². The van der Waals surface area contributed by atoms with E-state index in [1.165, 1.54) is 6.07 Å². The van der Waals surface area contributed by atoms with Gasteiger partial charge in [0.15, 0.2) is 5.82 Å². The number of carbonyl (C=O) groups is 2. The Morgan fingerprint density at radius 3 is 2.73 bits per heavy atom. The Balaban J connectivity index is 1.59. The number of imidazole rings is 1.